The molecule has 8 heavy (non-hydrogen) atoms. The monoisotopic (exact) mass is 108 g/mol. The van der Waals surface area contributed by atoms with E-state index in [0.717, 1.165) is 0 Å². The zero-order valence-electron chi connectivity index (χ0n) is 4.78. The zero-order valence-corrected chi connectivity index (χ0v) is 4.78. The van der Waals surface area contributed by atoms with Crippen LogP contribution in [0.2, 0.25) is 0 Å². The highest BCUT2D eigenvalue weighted by atomic mass is 15.2. The molecule has 0 bridgehead atoms. The molecule has 1 aromatic heterocycles. The van der Waals surface area contributed by atoms with Crippen LogP contribution < -0.4 is 0 Å². The van der Waals surface area contributed by atoms with Crippen LogP contribution in [-0.2, 0) is 0 Å². The van der Waals surface area contributed by atoms with E-state index >= 15 is 0 Å². The minimum Gasteiger partial charge on any atom is -0.249 e. The molecule has 0 N–H and O–H groups in total. The molecule has 0 amide bonds. The molecule has 0 saturated heterocycles. The Bertz CT molecular complexity index is 163. The van der Waals surface area contributed by atoms with Crippen molar-refractivity contribution in [2.75, 3.05) is 0 Å². The Kier molecular flexibility index (Phi) is 1.47. The van der Waals surface area contributed by atoms with E-state index in [9.17, 15) is 0 Å². The van der Waals surface area contributed by atoms with Crippen molar-refractivity contribution in [2.45, 2.75) is 6.92 Å². The van der Waals surface area contributed by atoms with E-state index < -0.39 is 0 Å². The Hall–Kier alpha value is -1.05. The first-order chi connectivity index (χ1) is 3.93. The lowest BCUT2D eigenvalue weighted by Crippen LogP contribution is -1.82. The molecule has 1 aromatic rings. The highest BCUT2D eigenvalue weighted by Crippen LogP contribution is 1.83. The zero-order chi connectivity index (χ0) is 5.82. The molecule has 0 aliphatic carbocycles. The second-order valence-electron chi connectivity index (χ2n) is 1.47. The Morgan fingerprint density at radius 2 is 2.50 bits per heavy atom. The van der Waals surface area contributed by atoms with Gasteiger partial charge in [-0.3, -0.25) is 0 Å². The van der Waals surface area contributed by atoms with Crippen LogP contribution in [0.25, 0.3) is 6.20 Å². The first kappa shape index (κ1) is 5.09. The highest BCUT2D eigenvalue weighted by molar-refractivity contribution is 5.17. The van der Waals surface area contributed by atoms with E-state index in [-0.39, 0.29) is 0 Å². The average molecular weight is 108 g/mol. The number of rotatable bonds is 1. The largest absolute Gasteiger partial charge is 0.249 e. The summed E-state index contributed by atoms with van der Waals surface area (Å²) in [6.45, 7) is 1.96. The number of hydrogen-bond acceptors (Lipinski definition) is 1. The van der Waals surface area contributed by atoms with E-state index in [1.54, 1.807) is 10.9 Å². The smallest absolute Gasteiger partial charge is 0.0493 e. The van der Waals surface area contributed by atoms with Gasteiger partial charge < -0.3 is 0 Å². The van der Waals surface area contributed by atoms with Crippen molar-refractivity contribution < 1.29 is 0 Å². The van der Waals surface area contributed by atoms with Crippen molar-refractivity contribution in [2.24, 2.45) is 0 Å². The summed E-state index contributed by atoms with van der Waals surface area (Å²) in [6.07, 6.45) is 7.47. The van der Waals surface area contributed by atoms with Crippen LogP contribution in [0.15, 0.2) is 24.5 Å². The normalized spacial score (nSPS) is 10.6. The van der Waals surface area contributed by atoms with Gasteiger partial charge in [0.1, 0.15) is 0 Å². The fourth-order valence-electron chi connectivity index (χ4n) is 0.522. The summed E-state index contributed by atoms with van der Waals surface area (Å²) in [7, 11) is 0. The summed E-state index contributed by atoms with van der Waals surface area (Å²) in [5.41, 5.74) is 0. The van der Waals surface area contributed by atoms with Crippen molar-refractivity contribution in [1.82, 2.24) is 9.78 Å². The third-order valence-corrected chi connectivity index (χ3v) is 0.827. The molecule has 0 fully saturated rings. The summed E-state index contributed by atoms with van der Waals surface area (Å²) in [6, 6.07) is 1.89. The van der Waals surface area contributed by atoms with Crippen LogP contribution in [0.1, 0.15) is 6.92 Å². The van der Waals surface area contributed by atoms with Crippen molar-refractivity contribution in [3.05, 3.63) is 24.5 Å². The Morgan fingerprint density at radius 1 is 1.62 bits per heavy atom. The lowest BCUT2D eigenvalue weighted by atomic mass is 10.7. The second kappa shape index (κ2) is 2.31. The minimum atomic E-state index is 1.75. The molecule has 0 aliphatic heterocycles. The molecule has 1 heterocycles. The molecular formula is C6H8N2. The van der Waals surface area contributed by atoms with Gasteiger partial charge in [-0.05, 0) is 13.0 Å². The number of nitrogens with zero attached hydrogens (tertiary/aromatic N) is 2. The van der Waals surface area contributed by atoms with Crippen LogP contribution >= 0.6 is 0 Å². The van der Waals surface area contributed by atoms with Crippen molar-refractivity contribution in [3.8, 4) is 0 Å². The van der Waals surface area contributed by atoms with Crippen LogP contribution in [0.5, 0.6) is 0 Å². The topological polar surface area (TPSA) is 17.8 Å². The third-order valence-electron chi connectivity index (χ3n) is 0.827. The highest BCUT2D eigenvalue weighted by Gasteiger charge is 1.75. The van der Waals surface area contributed by atoms with Gasteiger partial charge >= 0.3 is 0 Å². The van der Waals surface area contributed by atoms with E-state index in [4.69, 9.17) is 0 Å². The van der Waals surface area contributed by atoms with Gasteiger partial charge in [0.25, 0.3) is 0 Å². The Labute approximate surface area is 48.4 Å². The molecule has 0 aliphatic rings. The summed E-state index contributed by atoms with van der Waals surface area (Å²) < 4.78 is 1.75. The summed E-state index contributed by atoms with van der Waals surface area (Å²) >= 11 is 0. The lowest BCUT2D eigenvalue weighted by Gasteiger charge is -1.83. The molecule has 0 unspecified atom stereocenters. The average Bonchev–Trinajstić information content (AvgIpc) is 2.19. The fraction of sp³-hybridized carbons (Fsp3) is 0.167. The number of allylic oxidation sites excluding steroid dienone is 1. The van der Waals surface area contributed by atoms with Crippen molar-refractivity contribution in [3.63, 3.8) is 0 Å². The maximum Gasteiger partial charge on any atom is 0.0493 e. The molecule has 42 valence electrons. The fourth-order valence-corrected chi connectivity index (χ4v) is 0.522. The van der Waals surface area contributed by atoms with E-state index in [0.29, 0.717) is 0 Å². The van der Waals surface area contributed by atoms with Crippen LogP contribution in [0.4, 0.5) is 0 Å². The van der Waals surface area contributed by atoms with Gasteiger partial charge in [-0.25, -0.2) is 4.68 Å². The number of aromatic nitrogens is 2. The van der Waals surface area contributed by atoms with Crippen LogP contribution in [0, 0.1) is 0 Å². The van der Waals surface area contributed by atoms with Gasteiger partial charge in [-0.1, -0.05) is 6.08 Å². The maximum absolute atomic E-state index is 3.94. The van der Waals surface area contributed by atoms with E-state index in [1.807, 2.05) is 31.5 Å². The molecular weight excluding hydrogens is 100 g/mol. The number of hydrogen-bond donors (Lipinski definition) is 0. The van der Waals surface area contributed by atoms with Gasteiger partial charge in [0, 0.05) is 18.6 Å². The van der Waals surface area contributed by atoms with Gasteiger partial charge in [-0.2, -0.15) is 5.10 Å². The predicted octanol–water partition coefficient (Wildman–Crippen LogP) is 1.37. The van der Waals surface area contributed by atoms with Gasteiger partial charge in [0.2, 0.25) is 0 Å². The summed E-state index contributed by atoms with van der Waals surface area (Å²) in [5.74, 6) is 0. The summed E-state index contributed by atoms with van der Waals surface area (Å²) in [4.78, 5) is 0. The van der Waals surface area contributed by atoms with E-state index in [1.165, 1.54) is 0 Å². The molecule has 0 saturated carbocycles. The third kappa shape index (κ3) is 0.964. The molecule has 2 nitrogen and oxygen atoms in total. The van der Waals surface area contributed by atoms with Crippen LogP contribution in [-0.4, -0.2) is 9.78 Å². The second-order valence-corrected chi connectivity index (χ2v) is 1.47. The Morgan fingerprint density at radius 3 is 3.00 bits per heavy atom. The predicted molar refractivity (Wildman–Crippen MR) is 33.2 cm³/mol. The Balaban J connectivity index is 2.77. The molecule has 1 rings (SSSR count). The van der Waals surface area contributed by atoms with Crippen molar-refractivity contribution >= 4 is 6.20 Å². The molecule has 0 aromatic carbocycles. The molecule has 0 radical (unpaired) electrons. The first-order valence-electron chi connectivity index (χ1n) is 2.55. The quantitative estimate of drug-likeness (QED) is 0.531. The first-order valence-corrected chi connectivity index (χ1v) is 2.55. The molecule has 0 spiro atoms. The molecule has 0 atom stereocenters. The molecule has 2 heteroatoms. The van der Waals surface area contributed by atoms with Crippen LogP contribution in [0.3, 0.4) is 0 Å². The summed E-state index contributed by atoms with van der Waals surface area (Å²) in [5, 5.41) is 3.94. The maximum atomic E-state index is 3.94. The van der Waals surface area contributed by atoms with Gasteiger partial charge in [-0.15, -0.1) is 0 Å². The minimum absolute atomic E-state index is 1.75. The van der Waals surface area contributed by atoms with Gasteiger partial charge in [0.05, 0.1) is 0 Å². The van der Waals surface area contributed by atoms with Gasteiger partial charge in [0.15, 0.2) is 0 Å². The van der Waals surface area contributed by atoms with Crippen molar-refractivity contribution in [1.29, 1.82) is 0 Å². The lowest BCUT2D eigenvalue weighted by molar-refractivity contribution is 0.934. The van der Waals surface area contributed by atoms with E-state index in [2.05, 4.69) is 5.10 Å². The SMILES string of the molecule is C/C=C\n1cccn1. The standard InChI is InChI=1S/C6H8N2/c1-2-5-8-6-3-4-7-8/h2-6H,1H3/b5-2-.